The average molecular weight is 267 g/mol. The van der Waals surface area contributed by atoms with Gasteiger partial charge in [0.05, 0.1) is 6.04 Å². The Morgan fingerprint density at radius 2 is 1.89 bits per heavy atom. The molecule has 2 rings (SSSR count). The van der Waals surface area contributed by atoms with E-state index in [4.69, 9.17) is 5.73 Å². The molecule has 0 spiro atoms. The van der Waals surface area contributed by atoms with Gasteiger partial charge in [0.25, 0.3) is 0 Å². The predicted molar refractivity (Wildman–Crippen MR) is 77.9 cm³/mol. The van der Waals surface area contributed by atoms with Gasteiger partial charge < -0.3 is 10.6 Å². The van der Waals surface area contributed by atoms with Gasteiger partial charge in [-0.3, -0.25) is 9.69 Å². The number of nitrogens with zero attached hydrogens (tertiary/aromatic N) is 2. The fourth-order valence-electron chi connectivity index (χ4n) is 3.46. The molecule has 4 heteroatoms. The maximum Gasteiger partial charge on any atom is 0.239 e. The molecule has 1 unspecified atom stereocenters. The van der Waals surface area contributed by atoms with Crippen LogP contribution in [0.4, 0.5) is 0 Å². The van der Waals surface area contributed by atoms with Crippen molar-refractivity contribution in [2.24, 2.45) is 5.73 Å². The molecule has 110 valence electrons. The van der Waals surface area contributed by atoms with E-state index in [1.165, 1.54) is 25.7 Å². The second-order valence-corrected chi connectivity index (χ2v) is 6.05. The van der Waals surface area contributed by atoms with Crippen molar-refractivity contribution in [2.45, 2.75) is 64.0 Å². The van der Waals surface area contributed by atoms with Crippen molar-refractivity contribution >= 4 is 5.91 Å². The third-order valence-electron chi connectivity index (χ3n) is 4.60. The maximum atomic E-state index is 12.3. The molecule has 1 atom stereocenters. The maximum absolute atomic E-state index is 12.3. The zero-order valence-corrected chi connectivity index (χ0v) is 12.3. The molecule has 4 nitrogen and oxygen atoms in total. The number of rotatable bonds is 4. The smallest absolute Gasteiger partial charge is 0.239 e. The zero-order chi connectivity index (χ0) is 13.7. The first kappa shape index (κ1) is 14.8. The molecule has 2 aliphatic rings. The van der Waals surface area contributed by atoms with Crippen molar-refractivity contribution in [3.63, 3.8) is 0 Å². The van der Waals surface area contributed by atoms with E-state index in [2.05, 4.69) is 11.8 Å². The molecule has 0 radical (unpaired) electrons. The summed E-state index contributed by atoms with van der Waals surface area (Å²) in [6, 6.07) is 0.488. The van der Waals surface area contributed by atoms with Crippen molar-refractivity contribution in [1.82, 2.24) is 9.80 Å². The van der Waals surface area contributed by atoms with Crippen LogP contribution in [-0.2, 0) is 4.79 Å². The standard InChI is InChI=1S/C15H29N3O/c1-2-6-14(16)15(19)18-10-5-9-17(11-12-18)13-7-3-4-8-13/h13-14H,2-12,16H2,1H3. The minimum absolute atomic E-state index is 0.162. The fraction of sp³-hybridized carbons (Fsp3) is 0.933. The van der Waals surface area contributed by atoms with Crippen LogP contribution in [0.2, 0.25) is 0 Å². The molecular weight excluding hydrogens is 238 g/mol. The molecular formula is C15H29N3O. The number of hydrogen-bond acceptors (Lipinski definition) is 3. The molecule has 0 aromatic heterocycles. The highest BCUT2D eigenvalue weighted by molar-refractivity contribution is 5.81. The Morgan fingerprint density at radius 1 is 1.16 bits per heavy atom. The average Bonchev–Trinajstić information content (AvgIpc) is 2.83. The molecule has 2 N–H and O–H groups in total. The topological polar surface area (TPSA) is 49.6 Å². The molecule has 1 aliphatic carbocycles. The highest BCUT2D eigenvalue weighted by atomic mass is 16.2. The van der Waals surface area contributed by atoms with E-state index in [9.17, 15) is 4.79 Å². The van der Waals surface area contributed by atoms with Gasteiger partial charge in [0.15, 0.2) is 0 Å². The molecule has 0 aromatic carbocycles. The van der Waals surface area contributed by atoms with Crippen LogP contribution in [0.15, 0.2) is 0 Å². The van der Waals surface area contributed by atoms with Crippen molar-refractivity contribution < 1.29 is 4.79 Å². The minimum atomic E-state index is -0.289. The Balaban J connectivity index is 1.83. The van der Waals surface area contributed by atoms with E-state index in [-0.39, 0.29) is 11.9 Å². The van der Waals surface area contributed by atoms with Crippen LogP contribution in [-0.4, -0.2) is 54.0 Å². The first-order valence-electron chi connectivity index (χ1n) is 8.00. The summed E-state index contributed by atoms with van der Waals surface area (Å²) in [5, 5.41) is 0. The van der Waals surface area contributed by atoms with Crippen molar-refractivity contribution in [3.8, 4) is 0 Å². The molecule has 2 fully saturated rings. The Hall–Kier alpha value is -0.610. The summed E-state index contributed by atoms with van der Waals surface area (Å²) in [5.74, 6) is 0.162. The molecule has 19 heavy (non-hydrogen) atoms. The van der Waals surface area contributed by atoms with Crippen LogP contribution in [0, 0.1) is 0 Å². The fourth-order valence-corrected chi connectivity index (χ4v) is 3.46. The Bertz CT molecular complexity index is 289. The second kappa shape index (κ2) is 7.25. The molecule has 1 amide bonds. The van der Waals surface area contributed by atoms with E-state index in [0.29, 0.717) is 0 Å². The Morgan fingerprint density at radius 3 is 2.58 bits per heavy atom. The van der Waals surface area contributed by atoms with Crippen LogP contribution in [0.1, 0.15) is 51.9 Å². The third-order valence-corrected chi connectivity index (χ3v) is 4.60. The first-order chi connectivity index (χ1) is 9.22. The van der Waals surface area contributed by atoms with Gasteiger partial charge in [0.2, 0.25) is 5.91 Å². The van der Waals surface area contributed by atoms with Crippen molar-refractivity contribution in [2.75, 3.05) is 26.2 Å². The lowest BCUT2D eigenvalue weighted by Gasteiger charge is -2.27. The van der Waals surface area contributed by atoms with Gasteiger partial charge in [0, 0.05) is 32.2 Å². The molecule has 1 saturated carbocycles. The van der Waals surface area contributed by atoms with Gasteiger partial charge in [-0.25, -0.2) is 0 Å². The number of amides is 1. The summed E-state index contributed by atoms with van der Waals surface area (Å²) in [6.45, 7) is 6.02. The van der Waals surface area contributed by atoms with Crippen LogP contribution in [0.5, 0.6) is 0 Å². The highest BCUT2D eigenvalue weighted by Crippen LogP contribution is 2.24. The normalized spacial score (nSPS) is 24.4. The van der Waals surface area contributed by atoms with Crippen LogP contribution in [0.25, 0.3) is 0 Å². The van der Waals surface area contributed by atoms with Gasteiger partial charge in [-0.15, -0.1) is 0 Å². The molecule has 1 saturated heterocycles. The number of nitrogens with two attached hydrogens (primary N) is 1. The summed E-state index contributed by atoms with van der Waals surface area (Å²) >= 11 is 0. The Labute approximate surface area is 117 Å². The summed E-state index contributed by atoms with van der Waals surface area (Å²) in [4.78, 5) is 16.8. The van der Waals surface area contributed by atoms with Gasteiger partial charge in [0.1, 0.15) is 0 Å². The molecule has 0 bridgehead atoms. The third kappa shape index (κ3) is 3.93. The monoisotopic (exact) mass is 267 g/mol. The number of hydrogen-bond donors (Lipinski definition) is 1. The lowest BCUT2D eigenvalue weighted by atomic mass is 10.1. The lowest BCUT2D eigenvalue weighted by molar-refractivity contribution is -0.132. The SMILES string of the molecule is CCCC(N)C(=O)N1CCCN(C2CCCC2)CC1. The largest absolute Gasteiger partial charge is 0.340 e. The van der Waals surface area contributed by atoms with Crippen LogP contribution in [0.3, 0.4) is 0 Å². The van der Waals surface area contributed by atoms with Crippen LogP contribution < -0.4 is 5.73 Å². The predicted octanol–water partition coefficient (Wildman–Crippen LogP) is 1.59. The van der Waals surface area contributed by atoms with E-state index in [0.717, 1.165) is 51.5 Å². The molecule has 1 heterocycles. The lowest BCUT2D eigenvalue weighted by Crippen LogP contribution is -2.45. The van der Waals surface area contributed by atoms with E-state index >= 15 is 0 Å². The van der Waals surface area contributed by atoms with Gasteiger partial charge in [-0.2, -0.15) is 0 Å². The van der Waals surface area contributed by atoms with Crippen molar-refractivity contribution in [1.29, 1.82) is 0 Å². The summed E-state index contributed by atoms with van der Waals surface area (Å²) < 4.78 is 0. The number of carbonyl (C=O) groups excluding carboxylic acids is 1. The summed E-state index contributed by atoms with van der Waals surface area (Å²) in [6.07, 6.45) is 8.35. The Kier molecular flexibility index (Phi) is 5.64. The van der Waals surface area contributed by atoms with Crippen molar-refractivity contribution in [3.05, 3.63) is 0 Å². The van der Waals surface area contributed by atoms with Gasteiger partial charge in [-0.05, 0) is 25.7 Å². The quantitative estimate of drug-likeness (QED) is 0.841. The van der Waals surface area contributed by atoms with E-state index in [1.54, 1.807) is 0 Å². The first-order valence-corrected chi connectivity index (χ1v) is 8.00. The van der Waals surface area contributed by atoms with Crippen LogP contribution >= 0.6 is 0 Å². The molecule has 0 aromatic rings. The van der Waals surface area contributed by atoms with E-state index < -0.39 is 0 Å². The minimum Gasteiger partial charge on any atom is -0.340 e. The van der Waals surface area contributed by atoms with E-state index in [1.807, 2.05) is 4.90 Å². The number of carbonyl (C=O) groups is 1. The second-order valence-electron chi connectivity index (χ2n) is 6.05. The summed E-state index contributed by atoms with van der Waals surface area (Å²) in [7, 11) is 0. The zero-order valence-electron chi connectivity index (χ0n) is 12.3. The van der Waals surface area contributed by atoms with Gasteiger partial charge >= 0.3 is 0 Å². The summed E-state index contributed by atoms with van der Waals surface area (Å²) in [5.41, 5.74) is 5.96. The van der Waals surface area contributed by atoms with Gasteiger partial charge in [-0.1, -0.05) is 26.2 Å². The molecule has 1 aliphatic heterocycles. The highest BCUT2D eigenvalue weighted by Gasteiger charge is 2.27.